The molecule has 1 amide bonds. The van der Waals surface area contributed by atoms with Crippen LogP contribution >= 0.6 is 0 Å². The van der Waals surface area contributed by atoms with Gasteiger partial charge in [0.1, 0.15) is 0 Å². The largest absolute Gasteiger partial charge is 0.396 e. The minimum absolute atomic E-state index is 0.123. The van der Waals surface area contributed by atoms with Crippen LogP contribution in [0.2, 0.25) is 0 Å². The standard InChI is InChI=1S/C17H25NO2/c1-13(14-5-3-2-4-6-14)7-10-17(20)18-16(11-12-19)15-8-9-15/h2-6,13,15-16,19H,7-12H2,1H3,(H,18,20). The maximum absolute atomic E-state index is 12.0. The van der Waals surface area contributed by atoms with E-state index in [1.807, 2.05) is 18.2 Å². The van der Waals surface area contributed by atoms with Crippen LogP contribution in [-0.4, -0.2) is 23.7 Å². The number of benzene rings is 1. The predicted octanol–water partition coefficient (Wildman–Crippen LogP) is 2.85. The average Bonchev–Trinajstić information content (AvgIpc) is 3.30. The Morgan fingerprint density at radius 2 is 2.00 bits per heavy atom. The van der Waals surface area contributed by atoms with Crippen molar-refractivity contribution >= 4 is 5.91 Å². The first kappa shape index (κ1) is 15.0. The summed E-state index contributed by atoms with van der Waals surface area (Å²) in [6, 6.07) is 10.5. The smallest absolute Gasteiger partial charge is 0.220 e. The monoisotopic (exact) mass is 275 g/mol. The highest BCUT2D eigenvalue weighted by atomic mass is 16.3. The fourth-order valence-electron chi connectivity index (χ4n) is 2.64. The van der Waals surface area contributed by atoms with Gasteiger partial charge >= 0.3 is 0 Å². The number of hydrogen-bond acceptors (Lipinski definition) is 2. The SMILES string of the molecule is CC(CCC(=O)NC(CCO)C1CC1)c1ccccc1. The number of nitrogens with one attached hydrogen (secondary N) is 1. The van der Waals surface area contributed by atoms with Crippen molar-refractivity contribution < 1.29 is 9.90 Å². The highest BCUT2D eigenvalue weighted by Crippen LogP contribution is 2.34. The van der Waals surface area contributed by atoms with E-state index < -0.39 is 0 Å². The van der Waals surface area contributed by atoms with E-state index >= 15 is 0 Å². The third-order valence-electron chi connectivity index (χ3n) is 4.15. The molecule has 1 aromatic carbocycles. The number of aliphatic hydroxyl groups excluding tert-OH is 1. The molecule has 2 N–H and O–H groups in total. The molecule has 0 saturated heterocycles. The van der Waals surface area contributed by atoms with Gasteiger partial charge in [-0.05, 0) is 43.1 Å². The Labute approximate surface area is 121 Å². The van der Waals surface area contributed by atoms with Crippen LogP contribution in [0.25, 0.3) is 0 Å². The molecule has 20 heavy (non-hydrogen) atoms. The molecule has 2 atom stereocenters. The Balaban J connectivity index is 1.74. The molecule has 0 radical (unpaired) electrons. The van der Waals surface area contributed by atoms with E-state index in [1.165, 1.54) is 18.4 Å². The molecule has 0 spiro atoms. The third-order valence-corrected chi connectivity index (χ3v) is 4.15. The first-order valence-corrected chi connectivity index (χ1v) is 7.66. The molecule has 1 aromatic rings. The molecule has 1 aliphatic rings. The van der Waals surface area contributed by atoms with E-state index in [-0.39, 0.29) is 18.6 Å². The summed E-state index contributed by atoms with van der Waals surface area (Å²) >= 11 is 0. The zero-order chi connectivity index (χ0) is 14.4. The van der Waals surface area contributed by atoms with Crippen molar-refractivity contribution in [2.75, 3.05) is 6.61 Å². The second-order valence-electron chi connectivity index (χ2n) is 5.87. The van der Waals surface area contributed by atoms with Crippen molar-refractivity contribution in [3.8, 4) is 0 Å². The molecule has 2 unspecified atom stereocenters. The zero-order valence-corrected chi connectivity index (χ0v) is 12.2. The number of hydrogen-bond donors (Lipinski definition) is 2. The van der Waals surface area contributed by atoms with E-state index in [4.69, 9.17) is 5.11 Å². The maximum atomic E-state index is 12.0. The predicted molar refractivity (Wildman–Crippen MR) is 80.4 cm³/mol. The lowest BCUT2D eigenvalue weighted by Crippen LogP contribution is -2.37. The molecular weight excluding hydrogens is 250 g/mol. The molecular formula is C17H25NO2. The van der Waals surface area contributed by atoms with Crippen molar-refractivity contribution in [3.05, 3.63) is 35.9 Å². The van der Waals surface area contributed by atoms with Crippen LogP contribution in [0.5, 0.6) is 0 Å². The highest BCUT2D eigenvalue weighted by Gasteiger charge is 2.31. The quantitative estimate of drug-likeness (QED) is 0.766. The van der Waals surface area contributed by atoms with Gasteiger partial charge in [-0.3, -0.25) is 4.79 Å². The molecule has 0 aliphatic heterocycles. The van der Waals surface area contributed by atoms with Gasteiger partial charge in [-0.25, -0.2) is 0 Å². The van der Waals surface area contributed by atoms with Crippen LogP contribution in [0, 0.1) is 5.92 Å². The van der Waals surface area contributed by atoms with Crippen molar-refractivity contribution in [1.82, 2.24) is 5.32 Å². The van der Waals surface area contributed by atoms with Crippen LogP contribution in [-0.2, 0) is 4.79 Å². The lowest BCUT2D eigenvalue weighted by Gasteiger charge is -2.18. The van der Waals surface area contributed by atoms with Gasteiger partial charge in [0.2, 0.25) is 5.91 Å². The number of rotatable bonds is 8. The molecule has 3 nitrogen and oxygen atoms in total. The minimum atomic E-state index is 0.123. The summed E-state index contributed by atoms with van der Waals surface area (Å²) in [6.45, 7) is 2.32. The van der Waals surface area contributed by atoms with Crippen LogP contribution in [0.1, 0.15) is 50.5 Å². The van der Waals surface area contributed by atoms with Gasteiger partial charge in [-0.15, -0.1) is 0 Å². The fraction of sp³-hybridized carbons (Fsp3) is 0.588. The summed E-state index contributed by atoms with van der Waals surface area (Å²) in [5, 5.41) is 12.1. The summed E-state index contributed by atoms with van der Waals surface area (Å²) in [5.41, 5.74) is 1.29. The molecule has 110 valence electrons. The zero-order valence-electron chi connectivity index (χ0n) is 12.2. The van der Waals surface area contributed by atoms with Crippen LogP contribution < -0.4 is 5.32 Å². The Kier molecular flexibility index (Phi) is 5.60. The first-order chi connectivity index (χ1) is 9.70. The second kappa shape index (κ2) is 7.44. The highest BCUT2D eigenvalue weighted by molar-refractivity contribution is 5.76. The summed E-state index contributed by atoms with van der Waals surface area (Å²) in [4.78, 5) is 12.0. The van der Waals surface area contributed by atoms with E-state index in [0.717, 1.165) is 6.42 Å². The van der Waals surface area contributed by atoms with E-state index in [1.54, 1.807) is 0 Å². The normalized spacial score (nSPS) is 17.5. The van der Waals surface area contributed by atoms with Gasteiger partial charge in [0, 0.05) is 19.1 Å². The average molecular weight is 275 g/mol. The number of carbonyl (C=O) groups is 1. The molecule has 1 saturated carbocycles. The van der Waals surface area contributed by atoms with Crippen LogP contribution in [0.15, 0.2) is 30.3 Å². The molecule has 3 heteroatoms. The third kappa shape index (κ3) is 4.64. The van der Waals surface area contributed by atoms with Gasteiger partial charge in [0.05, 0.1) is 0 Å². The number of aliphatic hydroxyl groups is 1. The van der Waals surface area contributed by atoms with Gasteiger partial charge in [-0.1, -0.05) is 37.3 Å². The summed E-state index contributed by atoms with van der Waals surface area (Å²) in [5.74, 6) is 1.12. The van der Waals surface area contributed by atoms with Gasteiger partial charge in [0.25, 0.3) is 0 Å². The lowest BCUT2D eigenvalue weighted by atomic mass is 9.96. The molecule has 0 bridgehead atoms. The van der Waals surface area contributed by atoms with Gasteiger partial charge < -0.3 is 10.4 Å². The topological polar surface area (TPSA) is 49.3 Å². The van der Waals surface area contributed by atoms with Crippen molar-refractivity contribution in [3.63, 3.8) is 0 Å². The van der Waals surface area contributed by atoms with E-state index in [2.05, 4.69) is 24.4 Å². The van der Waals surface area contributed by atoms with E-state index in [9.17, 15) is 4.79 Å². The molecule has 1 aliphatic carbocycles. The minimum Gasteiger partial charge on any atom is -0.396 e. The van der Waals surface area contributed by atoms with Crippen molar-refractivity contribution in [2.45, 2.75) is 51.0 Å². The van der Waals surface area contributed by atoms with Crippen LogP contribution in [0.3, 0.4) is 0 Å². The van der Waals surface area contributed by atoms with E-state index in [0.29, 0.717) is 24.7 Å². The van der Waals surface area contributed by atoms with Crippen LogP contribution in [0.4, 0.5) is 0 Å². The first-order valence-electron chi connectivity index (χ1n) is 7.66. The number of amides is 1. The number of carbonyl (C=O) groups excluding carboxylic acids is 1. The summed E-state index contributed by atoms with van der Waals surface area (Å²) in [6.07, 6.45) is 4.48. The van der Waals surface area contributed by atoms with Crippen molar-refractivity contribution in [1.29, 1.82) is 0 Å². The summed E-state index contributed by atoms with van der Waals surface area (Å²) in [7, 11) is 0. The molecule has 0 aromatic heterocycles. The summed E-state index contributed by atoms with van der Waals surface area (Å²) < 4.78 is 0. The fourth-order valence-corrected chi connectivity index (χ4v) is 2.64. The Morgan fingerprint density at radius 1 is 1.30 bits per heavy atom. The van der Waals surface area contributed by atoms with Gasteiger partial charge in [0.15, 0.2) is 0 Å². The van der Waals surface area contributed by atoms with Gasteiger partial charge in [-0.2, -0.15) is 0 Å². The Morgan fingerprint density at radius 3 is 2.60 bits per heavy atom. The second-order valence-corrected chi connectivity index (χ2v) is 5.87. The molecule has 2 rings (SSSR count). The lowest BCUT2D eigenvalue weighted by molar-refractivity contribution is -0.122. The maximum Gasteiger partial charge on any atom is 0.220 e. The Hall–Kier alpha value is -1.35. The molecule has 1 fully saturated rings. The molecule has 0 heterocycles. The van der Waals surface area contributed by atoms with Crippen molar-refractivity contribution in [2.24, 2.45) is 5.92 Å². The Bertz CT molecular complexity index is 414.